The molecule has 1 amide bonds. The van der Waals surface area contributed by atoms with Gasteiger partial charge < -0.3 is 14.8 Å². The highest BCUT2D eigenvalue weighted by Gasteiger charge is 2.24. The number of benzene rings is 1. The topological polar surface area (TPSA) is 60.5 Å². The number of nitrogens with one attached hydrogen (secondary N) is 1. The Kier molecular flexibility index (Phi) is 4.92. The van der Waals surface area contributed by atoms with Crippen LogP contribution in [0.15, 0.2) is 43.0 Å². The Hall–Kier alpha value is -2.24. The number of carbonyl (C=O) groups excluding carboxylic acids is 1. The summed E-state index contributed by atoms with van der Waals surface area (Å²) in [6, 6.07) is 8.70. The standard InChI is InChI=1S/C17H14Cl2N2O3/c1-2-14(22)20-11-8-10-4-3-5-13(16(10)23-9-11)24-15-7-6-12(18)17(19)21-15/h2-7,11H,1,8-9H2,(H,20,22). The Bertz CT molecular complexity index is 795. The van der Waals surface area contributed by atoms with Gasteiger partial charge in [-0.3, -0.25) is 4.79 Å². The molecule has 5 nitrogen and oxygen atoms in total. The Morgan fingerprint density at radius 2 is 2.21 bits per heavy atom. The van der Waals surface area contributed by atoms with Crippen LogP contribution in [0.3, 0.4) is 0 Å². The minimum absolute atomic E-state index is 0.110. The minimum Gasteiger partial charge on any atom is -0.487 e. The van der Waals surface area contributed by atoms with Crippen LogP contribution in [-0.2, 0) is 11.2 Å². The lowest BCUT2D eigenvalue weighted by Crippen LogP contribution is -2.42. The molecule has 1 aromatic heterocycles. The van der Waals surface area contributed by atoms with E-state index in [1.165, 1.54) is 6.08 Å². The summed E-state index contributed by atoms with van der Waals surface area (Å²) in [4.78, 5) is 15.5. The maximum absolute atomic E-state index is 11.4. The number of pyridine rings is 1. The van der Waals surface area contributed by atoms with Crippen molar-refractivity contribution in [2.45, 2.75) is 12.5 Å². The zero-order chi connectivity index (χ0) is 17.1. The summed E-state index contributed by atoms with van der Waals surface area (Å²) < 4.78 is 11.5. The number of nitrogens with zero attached hydrogens (tertiary/aromatic N) is 1. The van der Waals surface area contributed by atoms with Crippen LogP contribution in [0.25, 0.3) is 0 Å². The number of fused-ring (bicyclic) bond motifs is 1. The summed E-state index contributed by atoms with van der Waals surface area (Å²) in [7, 11) is 0. The molecule has 0 saturated heterocycles. The molecule has 3 rings (SSSR count). The molecule has 0 radical (unpaired) electrons. The van der Waals surface area contributed by atoms with Gasteiger partial charge in [0, 0.05) is 11.6 Å². The van der Waals surface area contributed by atoms with E-state index in [2.05, 4.69) is 16.9 Å². The molecule has 0 saturated carbocycles. The first-order chi connectivity index (χ1) is 11.6. The molecule has 0 fully saturated rings. The zero-order valence-electron chi connectivity index (χ0n) is 12.6. The number of rotatable bonds is 4. The summed E-state index contributed by atoms with van der Waals surface area (Å²) in [5.74, 6) is 1.27. The van der Waals surface area contributed by atoms with E-state index in [9.17, 15) is 4.79 Å². The normalized spacial score (nSPS) is 15.8. The summed E-state index contributed by atoms with van der Waals surface area (Å²) >= 11 is 11.8. The number of hydrogen-bond donors (Lipinski definition) is 1. The zero-order valence-corrected chi connectivity index (χ0v) is 14.1. The average Bonchev–Trinajstić information content (AvgIpc) is 2.58. The fourth-order valence-corrected chi connectivity index (χ4v) is 2.65. The van der Waals surface area contributed by atoms with Crippen LogP contribution in [0.4, 0.5) is 0 Å². The van der Waals surface area contributed by atoms with Crippen molar-refractivity contribution in [1.29, 1.82) is 0 Å². The molecule has 1 aliphatic rings. The van der Waals surface area contributed by atoms with Gasteiger partial charge in [-0.15, -0.1) is 0 Å². The molecule has 0 bridgehead atoms. The summed E-state index contributed by atoms with van der Waals surface area (Å²) in [6.07, 6.45) is 1.88. The van der Waals surface area contributed by atoms with Crippen LogP contribution in [0.2, 0.25) is 10.2 Å². The lowest BCUT2D eigenvalue weighted by Gasteiger charge is -2.27. The van der Waals surface area contributed by atoms with Crippen LogP contribution in [-0.4, -0.2) is 23.5 Å². The van der Waals surface area contributed by atoms with Crippen molar-refractivity contribution in [3.8, 4) is 17.4 Å². The number of ether oxygens (including phenoxy) is 2. The Balaban J connectivity index is 1.80. The van der Waals surface area contributed by atoms with Crippen molar-refractivity contribution in [1.82, 2.24) is 10.3 Å². The number of aromatic nitrogens is 1. The fraction of sp³-hybridized carbons (Fsp3) is 0.176. The SMILES string of the molecule is C=CC(=O)NC1COc2c(cccc2Oc2ccc(Cl)c(Cl)n2)C1. The lowest BCUT2D eigenvalue weighted by molar-refractivity contribution is -0.117. The van der Waals surface area contributed by atoms with Gasteiger partial charge in [-0.2, -0.15) is 4.98 Å². The summed E-state index contributed by atoms with van der Waals surface area (Å²) in [5.41, 5.74) is 0.938. The van der Waals surface area contributed by atoms with E-state index in [1.807, 2.05) is 12.1 Å². The highest BCUT2D eigenvalue weighted by Crippen LogP contribution is 2.37. The van der Waals surface area contributed by atoms with E-state index >= 15 is 0 Å². The highest BCUT2D eigenvalue weighted by molar-refractivity contribution is 6.41. The first-order valence-electron chi connectivity index (χ1n) is 7.24. The first-order valence-corrected chi connectivity index (χ1v) is 8.00. The van der Waals surface area contributed by atoms with E-state index in [1.54, 1.807) is 18.2 Å². The van der Waals surface area contributed by atoms with Crippen LogP contribution in [0.1, 0.15) is 5.56 Å². The number of halogens is 2. The van der Waals surface area contributed by atoms with Gasteiger partial charge in [0.1, 0.15) is 6.61 Å². The second-order valence-corrected chi connectivity index (χ2v) is 5.96. The molecule has 0 spiro atoms. The van der Waals surface area contributed by atoms with E-state index in [0.29, 0.717) is 35.4 Å². The predicted molar refractivity (Wildman–Crippen MR) is 92.1 cm³/mol. The van der Waals surface area contributed by atoms with Crippen molar-refractivity contribution in [2.24, 2.45) is 0 Å². The molecule has 1 aromatic carbocycles. The van der Waals surface area contributed by atoms with Gasteiger partial charge in [0.25, 0.3) is 0 Å². The highest BCUT2D eigenvalue weighted by atomic mass is 35.5. The molecule has 24 heavy (non-hydrogen) atoms. The van der Waals surface area contributed by atoms with Gasteiger partial charge in [0.05, 0.1) is 11.1 Å². The monoisotopic (exact) mass is 364 g/mol. The van der Waals surface area contributed by atoms with Crippen molar-refractivity contribution in [3.05, 3.63) is 58.7 Å². The van der Waals surface area contributed by atoms with Crippen LogP contribution in [0, 0.1) is 0 Å². The number of carbonyl (C=O) groups is 1. The fourth-order valence-electron chi connectivity index (χ4n) is 2.40. The molecule has 7 heteroatoms. The molecule has 124 valence electrons. The van der Waals surface area contributed by atoms with Crippen LogP contribution < -0.4 is 14.8 Å². The van der Waals surface area contributed by atoms with Gasteiger partial charge in [-0.1, -0.05) is 41.9 Å². The van der Waals surface area contributed by atoms with E-state index < -0.39 is 0 Å². The van der Waals surface area contributed by atoms with E-state index in [0.717, 1.165) is 5.56 Å². The maximum atomic E-state index is 11.4. The Labute approximate surface area is 149 Å². The number of para-hydroxylation sites is 1. The molecular formula is C17H14Cl2N2O3. The second-order valence-electron chi connectivity index (χ2n) is 5.19. The molecule has 2 heterocycles. The van der Waals surface area contributed by atoms with Crippen molar-refractivity contribution < 1.29 is 14.3 Å². The molecule has 1 atom stereocenters. The third-order valence-electron chi connectivity index (χ3n) is 3.48. The third-order valence-corrected chi connectivity index (χ3v) is 4.17. The van der Waals surface area contributed by atoms with Gasteiger partial charge >= 0.3 is 0 Å². The van der Waals surface area contributed by atoms with E-state index in [4.69, 9.17) is 32.7 Å². The van der Waals surface area contributed by atoms with Gasteiger partial charge in [0.2, 0.25) is 11.8 Å². The number of amides is 1. The van der Waals surface area contributed by atoms with Crippen molar-refractivity contribution in [2.75, 3.05) is 6.61 Å². The molecule has 1 aliphatic heterocycles. The first kappa shape index (κ1) is 16.6. The van der Waals surface area contributed by atoms with Gasteiger partial charge in [0.15, 0.2) is 16.7 Å². The Morgan fingerprint density at radius 1 is 1.38 bits per heavy atom. The summed E-state index contributed by atoms with van der Waals surface area (Å²) in [5, 5.41) is 3.36. The molecule has 2 aromatic rings. The molecule has 1 unspecified atom stereocenters. The molecular weight excluding hydrogens is 351 g/mol. The molecule has 0 aliphatic carbocycles. The largest absolute Gasteiger partial charge is 0.487 e. The third kappa shape index (κ3) is 3.63. The summed E-state index contributed by atoms with van der Waals surface area (Å²) in [6.45, 7) is 3.79. The van der Waals surface area contributed by atoms with Crippen LogP contribution in [0.5, 0.6) is 17.4 Å². The van der Waals surface area contributed by atoms with Crippen molar-refractivity contribution in [3.63, 3.8) is 0 Å². The van der Waals surface area contributed by atoms with E-state index in [-0.39, 0.29) is 17.1 Å². The van der Waals surface area contributed by atoms with Crippen LogP contribution >= 0.6 is 23.2 Å². The smallest absolute Gasteiger partial charge is 0.243 e. The average molecular weight is 365 g/mol. The Morgan fingerprint density at radius 3 is 2.96 bits per heavy atom. The van der Waals surface area contributed by atoms with Crippen molar-refractivity contribution >= 4 is 29.1 Å². The second kappa shape index (κ2) is 7.11. The maximum Gasteiger partial charge on any atom is 0.243 e. The predicted octanol–water partition coefficient (Wildman–Crippen LogP) is 3.79. The van der Waals surface area contributed by atoms with Gasteiger partial charge in [-0.05, 0) is 24.6 Å². The van der Waals surface area contributed by atoms with Gasteiger partial charge in [-0.25, -0.2) is 0 Å². The lowest BCUT2D eigenvalue weighted by atomic mass is 10.0. The quantitative estimate of drug-likeness (QED) is 0.662. The molecule has 1 N–H and O–H groups in total. The minimum atomic E-state index is -0.223. The number of hydrogen-bond acceptors (Lipinski definition) is 4.